The molecule has 10 heterocycles. The highest BCUT2D eigenvalue weighted by molar-refractivity contribution is 5.16. The molecule has 0 amide bonds. The minimum absolute atomic E-state index is 0. The molecular formula is C107H203N23. The van der Waals surface area contributed by atoms with Crippen molar-refractivity contribution in [2.75, 3.05) is 118 Å². The highest BCUT2D eigenvalue weighted by Crippen LogP contribution is 2.45. The van der Waals surface area contributed by atoms with Crippen LogP contribution in [-0.4, -0.2) is 260 Å². The maximum absolute atomic E-state index is 4.38. The van der Waals surface area contributed by atoms with Gasteiger partial charge in [-0.2, -0.15) is 0 Å². The molecule has 130 heavy (non-hydrogen) atoms. The van der Waals surface area contributed by atoms with Crippen LogP contribution in [0, 0.1) is 77.8 Å². The van der Waals surface area contributed by atoms with Crippen molar-refractivity contribution in [3.05, 3.63) is 59.5 Å². The van der Waals surface area contributed by atoms with Gasteiger partial charge in [0, 0.05) is 217 Å². The predicted molar refractivity (Wildman–Crippen MR) is 550 cm³/mol. The SMILES string of the molecule is C.CC(C)(C)C#CC(C)(C)Cn1cc(CC(C)(C)C)nn1.CC(C)(C)C#CC(C)(C)Cn1cc(CN2CCN(C(C)(C)C)CC2)nn1.CC(C)(C)CCCCCn1cc(CCC(C)(C)C)nn1.CC(C)(C)Cc1cn(CCCCCCN2CCN(C(C)(C)C)CC2)nn1.CC(C)(C)Cc1cn(CCN2CCN(C(C)(C)C)CC2)nn1.CC(C)(C)N1CC2(C1)CN(C(C)(C)C)C2. The van der Waals surface area contributed by atoms with Gasteiger partial charge in [-0.05, 0) is 265 Å². The molecule has 0 bridgehead atoms. The number of hydrogen-bond donors (Lipinski definition) is 0. The lowest BCUT2D eigenvalue weighted by atomic mass is 9.69. The van der Waals surface area contributed by atoms with E-state index >= 15 is 0 Å². The van der Waals surface area contributed by atoms with Gasteiger partial charge in [-0.25, -0.2) is 0 Å². The van der Waals surface area contributed by atoms with E-state index in [4.69, 9.17) is 0 Å². The van der Waals surface area contributed by atoms with Crippen molar-refractivity contribution in [1.29, 1.82) is 0 Å². The highest BCUT2D eigenvalue weighted by atomic mass is 15.5. The Bertz CT molecular complexity index is 4060. The molecule has 0 aliphatic carbocycles. The first-order valence-corrected chi connectivity index (χ1v) is 50.2. The van der Waals surface area contributed by atoms with Crippen molar-refractivity contribution in [3.8, 4) is 23.7 Å². The smallest absolute Gasteiger partial charge is 0.0967 e. The maximum Gasteiger partial charge on any atom is 0.0967 e. The molecule has 5 aromatic rings. The third-order valence-corrected chi connectivity index (χ3v) is 24.3. The molecule has 0 N–H and O–H groups in total. The quantitative estimate of drug-likeness (QED) is 0.0376. The lowest BCUT2D eigenvalue weighted by molar-refractivity contribution is -0.167. The monoisotopic (exact) mass is 1810 g/mol. The van der Waals surface area contributed by atoms with Crippen LogP contribution in [0.25, 0.3) is 0 Å². The van der Waals surface area contributed by atoms with Crippen molar-refractivity contribution in [3.63, 3.8) is 0 Å². The van der Waals surface area contributed by atoms with Crippen LogP contribution >= 0.6 is 0 Å². The van der Waals surface area contributed by atoms with Crippen LogP contribution in [0.2, 0.25) is 0 Å². The number of aryl methyl sites for hydroxylation is 3. The summed E-state index contributed by atoms with van der Waals surface area (Å²) >= 11 is 0. The normalized spacial score (nSPS) is 17.5. The zero-order chi connectivity index (χ0) is 97.5. The average molecular weight is 1810 g/mol. The summed E-state index contributed by atoms with van der Waals surface area (Å²) in [6, 6.07) is 0. The molecule has 0 saturated carbocycles. The fourth-order valence-electron chi connectivity index (χ4n) is 16.4. The summed E-state index contributed by atoms with van der Waals surface area (Å²) in [6.07, 6.45) is 25.9. The largest absolute Gasteiger partial charge is 0.301 e. The number of rotatable bonds is 26. The molecule has 0 aromatic carbocycles. The molecule has 5 saturated heterocycles. The van der Waals surface area contributed by atoms with Crippen LogP contribution in [0.1, 0.15) is 371 Å². The zero-order valence-electron chi connectivity index (χ0n) is 91.3. The van der Waals surface area contributed by atoms with Gasteiger partial charge in [0.1, 0.15) is 0 Å². The molecule has 0 radical (unpaired) electrons. The van der Waals surface area contributed by atoms with Gasteiger partial charge in [0.2, 0.25) is 0 Å². The van der Waals surface area contributed by atoms with Crippen LogP contribution in [0.5, 0.6) is 0 Å². The van der Waals surface area contributed by atoms with E-state index < -0.39 is 0 Å². The zero-order valence-corrected chi connectivity index (χ0v) is 91.3. The molecule has 746 valence electrons. The van der Waals surface area contributed by atoms with E-state index in [1.165, 1.54) is 110 Å². The van der Waals surface area contributed by atoms with Crippen LogP contribution in [0.15, 0.2) is 31.0 Å². The summed E-state index contributed by atoms with van der Waals surface area (Å²) < 4.78 is 9.88. The number of nitrogens with zero attached hydrogens (tertiary/aromatic N) is 23. The predicted octanol–water partition coefficient (Wildman–Crippen LogP) is 21.0. The van der Waals surface area contributed by atoms with Gasteiger partial charge in [0.25, 0.3) is 0 Å². The molecular weight excluding hydrogens is 1610 g/mol. The number of hydrogen-bond acceptors (Lipinski definition) is 18. The van der Waals surface area contributed by atoms with Crippen LogP contribution in [-0.2, 0) is 65.0 Å². The van der Waals surface area contributed by atoms with Gasteiger partial charge in [-0.3, -0.25) is 57.7 Å². The Morgan fingerprint density at radius 2 is 0.538 bits per heavy atom. The lowest BCUT2D eigenvalue weighted by Crippen LogP contribution is -2.76. The number of aromatic nitrogens is 15. The van der Waals surface area contributed by atoms with Crippen molar-refractivity contribution < 1.29 is 0 Å². The Balaban J connectivity index is 0.000000328. The molecule has 0 unspecified atom stereocenters. The standard InChI is InChI=1S/C21H37N5.C21H41N5.C17H33N5.C17H29N3.C17H33N3.C13H26N2.CH4/c1-19(2,3)9-10-21(7,8)17-26-16-18(22-23-26)15-24-11-13-25(14-12-24)20(4,5)6;1-20(2,3)17-19-18-26(23-22-19)12-10-8-7-9-11-24-13-15-25(16-14-24)21(4,5)6;1-16(2,3)13-15-14-22(19-18-15)12-9-20-7-10-21(11-8-20)17(4,5)6;1-15(2,3)9-10-17(7,8)13-20-12-14(18-19-20)11-16(4,5)6;1-16(2,3)11-8-7-9-13-20-14-15(18-19-20)10-12-17(4,5)6;1-11(2,3)14-7-13(8-14)9-15(10-13)12(4,5)6;/h16H,11-15,17H2,1-8H3;18H,7-17H2,1-6H3;14H,7-13H2,1-6H3;12H,11,13H2,1-8H3;14H,7-13H2,1-6H3;7-10H2,1-6H3;1H4. The minimum Gasteiger partial charge on any atom is -0.301 e. The summed E-state index contributed by atoms with van der Waals surface area (Å²) in [6.45, 7) is 117. The second-order valence-corrected chi connectivity index (χ2v) is 53.5. The van der Waals surface area contributed by atoms with Crippen molar-refractivity contribution in [2.45, 2.75) is 435 Å². The summed E-state index contributed by atoms with van der Waals surface area (Å²) in [4.78, 5) is 20.6. The molecule has 5 aliphatic heterocycles. The van der Waals surface area contributed by atoms with E-state index in [1.54, 1.807) is 0 Å². The summed E-state index contributed by atoms with van der Waals surface area (Å²) in [7, 11) is 0. The first-order valence-electron chi connectivity index (χ1n) is 50.2. The minimum atomic E-state index is -0.114. The third kappa shape index (κ3) is 49.3. The Hall–Kier alpha value is -5.50. The van der Waals surface area contributed by atoms with Gasteiger partial charge in [0.15, 0.2) is 0 Å². The topological polar surface area (TPSA) is 179 Å². The summed E-state index contributed by atoms with van der Waals surface area (Å²) in [5.41, 5.74) is 9.19. The third-order valence-electron chi connectivity index (χ3n) is 24.3. The van der Waals surface area contributed by atoms with Crippen LogP contribution < -0.4 is 0 Å². The van der Waals surface area contributed by atoms with E-state index in [1.807, 2.05) is 29.6 Å². The molecule has 23 heteroatoms. The lowest BCUT2D eigenvalue weighted by Gasteiger charge is -2.66. The number of piperazine rings is 3. The van der Waals surface area contributed by atoms with Crippen LogP contribution in [0.4, 0.5) is 0 Å². The molecule has 0 atom stereocenters. The summed E-state index contributed by atoms with van der Waals surface area (Å²) in [5.74, 6) is 13.4. The second kappa shape index (κ2) is 49.0. The second-order valence-electron chi connectivity index (χ2n) is 53.5. The fourth-order valence-corrected chi connectivity index (χ4v) is 16.4. The van der Waals surface area contributed by atoms with Crippen molar-refractivity contribution in [2.24, 2.45) is 54.1 Å². The Kier molecular flexibility index (Phi) is 44.0. The maximum atomic E-state index is 4.38. The average Bonchev–Trinajstić information content (AvgIpc) is 0.759. The Morgan fingerprint density at radius 3 is 0.869 bits per heavy atom. The number of unbranched alkanes of at least 4 members (excludes halogenated alkanes) is 5. The molecule has 10 rings (SSSR count). The summed E-state index contributed by atoms with van der Waals surface area (Å²) in [5, 5.41) is 42.8. The fraction of sp³-hybridized carbons (Fsp3) is 0.869. The molecule has 5 fully saturated rings. The van der Waals surface area contributed by atoms with Gasteiger partial charge in [-0.15, -0.1) is 25.5 Å². The van der Waals surface area contributed by atoms with E-state index in [0.717, 1.165) is 159 Å². The first kappa shape index (κ1) is 117. The molecule has 23 nitrogen and oxygen atoms in total. The first-order chi connectivity index (χ1) is 58.8. The molecule has 1 spiro atoms. The number of likely N-dealkylation sites (tertiary alicyclic amines) is 2. The Labute approximate surface area is 799 Å². The van der Waals surface area contributed by atoms with E-state index in [-0.39, 0.29) is 50.9 Å². The van der Waals surface area contributed by atoms with Crippen molar-refractivity contribution in [1.82, 2.24) is 114 Å². The highest BCUT2D eigenvalue weighted by Gasteiger charge is 2.55. The van der Waals surface area contributed by atoms with Gasteiger partial charge < -0.3 is 4.90 Å². The van der Waals surface area contributed by atoms with E-state index in [2.05, 4.69) is 416 Å². The van der Waals surface area contributed by atoms with Crippen molar-refractivity contribution >= 4 is 0 Å². The van der Waals surface area contributed by atoms with E-state index in [0.29, 0.717) is 38.4 Å². The Morgan fingerprint density at radius 1 is 0.262 bits per heavy atom. The van der Waals surface area contributed by atoms with Crippen LogP contribution in [0.3, 0.4) is 0 Å². The molecule has 5 aromatic heterocycles. The van der Waals surface area contributed by atoms with Gasteiger partial charge in [-0.1, -0.05) is 187 Å². The molecule has 5 aliphatic rings. The van der Waals surface area contributed by atoms with Gasteiger partial charge >= 0.3 is 0 Å². The van der Waals surface area contributed by atoms with E-state index in [9.17, 15) is 0 Å². The van der Waals surface area contributed by atoms with Gasteiger partial charge in [0.05, 0.1) is 48.1 Å².